The Kier molecular flexibility index (Phi) is 7.67. The number of furan rings is 1. The first kappa shape index (κ1) is 25.8. The molecular formula is C29H32N2O7. The van der Waals surface area contributed by atoms with Crippen molar-refractivity contribution in [1.29, 1.82) is 0 Å². The van der Waals surface area contributed by atoms with E-state index in [1.165, 1.54) is 7.11 Å². The number of morpholine rings is 1. The highest BCUT2D eigenvalue weighted by molar-refractivity contribution is 6.16. The number of fused-ring (bicyclic) bond motifs is 1. The van der Waals surface area contributed by atoms with Gasteiger partial charge in [0.05, 0.1) is 38.5 Å². The Bertz CT molecular complexity index is 1340. The number of amides is 1. The van der Waals surface area contributed by atoms with Crippen LogP contribution < -0.4 is 9.47 Å². The largest absolute Gasteiger partial charge is 0.503 e. The highest BCUT2D eigenvalue weighted by Crippen LogP contribution is 2.40. The third-order valence-electron chi connectivity index (χ3n) is 6.98. The Morgan fingerprint density at radius 2 is 1.87 bits per heavy atom. The quantitative estimate of drug-likeness (QED) is 0.398. The van der Waals surface area contributed by atoms with Crippen molar-refractivity contribution in [2.24, 2.45) is 0 Å². The maximum Gasteiger partial charge on any atom is 0.290 e. The number of nitrogens with zero attached hydrogens (tertiary/aromatic N) is 2. The molecule has 38 heavy (non-hydrogen) atoms. The van der Waals surface area contributed by atoms with Gasteiger partial charge in [-0.1, -0.05) is 24.3 Å². The normalized spacial score (nSPS) is 18.4. The number of methoxy groups -OCH3 is 1. The minimum absolute atomic E-state index is 0.00329. The number of benzene rings is 2. The van der Waals surface area contributed by atoms with Crippen LogP contribution in [0, 0.1) is 0 Å². The molecule has 2 aromatic carbocycles. The van der Waals surface area contributed by atoms with Crippen LogP contribution in [0.15, 0.2) is 64.3 Å². The number of aliphatic hydroxyl groups excluding tert-OH is 1. The summed E-state index contributed by atoms with van der Waals surface area (Å²) in [6.45, 7) is 6.67. The van der Waals surface area contributed by atoms with E-state index < -0.39 is 23.5 Å². The van der Waals surface area contributed by atoms with E-state index in [1.807, 2.05) is 25.1 Å². The molecule has 1 atom stereocenters. The van der Waals surface area contributed by atoms with E-state index in [-0.39, 0.29) is 11.3 Å². The number of rotatable bonds is 10. The summed E-state index contributed by atoms with van der Waals surface area (Å²) in [5.74, 6) is -0.441. The average Bonchev–Trinajstić information content (AvgIpc) is 3.49. The third kappa shape index (κ3) is 4.99. The summed E-state index contributed by atoms with van der Waals surface area (Å²) in [5, 5.41) is 11.7. The van der Waals surface area contributed by atoms with Gasteiger partial charge in [-0.3, -0.25) is 14.5 Å². The Morgan fingerprint density at radius 1 is 1.11 bits per heavy atom. The molecule has 1 amide bonds. The minimum Gasteiger partial charge on any atom is -0.503 e. The molecule has 5 rings (SSSR count). The monoisotopic (exact) mass is 520 g/mol. The maximum absolute atomic E-state index is 13.8. The Labute approximate surface area is 221 Å². The molecule has 0 aliphatic carbocycles. The number of aliphatic hydroxyl groups is 1. The first-order valence-electron chi connectivity index (χ1n) is 12.9. The summed E-state index contributed by atoms with van der Waals surface area (Å²) in [6, 6.07) is 13.5. The zero-order valence-corrected chi connectivity index (χ0v) is 21.6. The summed E-state index contributed by atoms with van der Waals surface area (Å²) < 4.78 is 22.2. The van der Waals surface area contributed by atoms with Crippen molar-refractivity contribution >= 4 is 22.7 Å². The molecule has 9 nitrogen and oxygen atoms in total. The Morgan fingerprint density at radius 3 is 2.58 bits per heavy atom. The molecule has 3 heterocycles. The smallest absolute Gasteiger partial charge is 0.290 e. The lowest BCUT2D eigenvalue weighted by atomic mass is 9.95. The maximum atomic E-state index is 13.8. The number of hydrogen-bond donors (Lipinski definition) is 1. The van der Waals surface area contributed by atoms with Gasteiger partial charge in [-0.05, 0) is 43.2 Å². The van der Waals surface area contributed by atoms with Crippen LogP contribution in [0.25, 0.3) is 11.0 Å². The number of para-hydroxylation sites is 1. The summed E-state index contributed by atoms with van der Waals surface area (Å²) in [5.41, 5.74) is 1.14. The van der Waals surface area contributed by atoms with Gasteiger partial charge in [0.15, 0.2) is 22.9 Å². The van der Waals surface area contributed by atoms with E-state index in [9.17, 15) is 14.7 Å². The second kappa shape index (κ2) is 11.3. The fraction of sp³-hybridized carbons (Fsp3) is 0.379. The van der Waals surface area contributed by atoms with Crippen molar-refractivity contribution in [3.05, 3.63) is 71.2 Å². The molecule has 1 N–H and O–H groups in total. The lowest BCUT2D eigenvalue weighted by Gasteiger charge is -2.30. The van der Waals surface area contributed by atoms with Gasteiger partial charge in [0.25, 0.3) is 5.91 Å². The average molecular weight is 521 g/mol. The first-order chi connectivity index (χ1) is 18.5. The fourth-order valence-electron chi connectivity index (χ4n) is 5.11. The van der Waals surface area contributed by atoms with E-state index in [0.717, 1.165) is 19.6 Å². The van der Waals surface area contributed by atoms with Gasteiger partial charge in [0.1, 0.15) is 5.75 Å². The van der Waals surface area contributed by atoms with Gasteiger partial charge < -0.3 is 28.6 Å². The molecule has 0 radical (unpaired) electrons. The van der Waals surface area contributed by atoms with Crippen molar-refractivity contribution in [3.63, 3.8) is 0 Å². The molecule has 9 heteroatoms. The number of carbonyl (C=O) groups is 2. The molecule has 0 saturated carbocycles. The van der Waals surface area contributed by atoms with Crippen molar-refractivity contribution in [2.75, 3.05) is 53.1 Å². The summed E-state index contributed by atoms with van der Waals surface area (Å²) in [4.78, 5) is 31.0. The van der Waals surface area contributed by atoms with Gasteiger partial charge in [0.2, 0.25) is 5.78 Å². The lowest BCUT2D eigenvalue weighted by Crippen LogP contribution is -2.39. The van der Waals surface area contributed by atoms with E-state index in [0.29, 0.717) is 60.8 Å². The Hall–Kier alpha value is -3.82. The molecule has 3 aromatic rings. The van der Waals surface area contributed by atoms with Crippen LogP contribution in [0.4, 0.5) is 0 Å². The van der Waals surface area contributed by atoms with Gasteiger partial charge in [0, 0.05) is 31.6 Å². The SMILES string of the molecule is CCOc1ccc([C@H]2C(C(=O)c3cc4cccc(OC)c4o3)=C(O)C(=O)N2CCCN2CCOCC2)cc1. The standard InChI is InChI=1S/C29H32N2O7/c1-3-37-21-10-8-19(9-11-21)25-24(26(32)23-18-20-6-4-7-22(35-2)28(20)38-23)27(33)29(34)31(25)13-5-12-30-14-16-36-17-15-30/h4,6-11,18,25,33H,3,5,12-17H2,1-2H3/t25-/m0/s1. The Balaban J connectivity index is 1.47. The second-order valence-electron chi connectivity index (χ2n) is 9.29. The molecule has 0 unspecified atom stereocenters. The van der Waals surface area contributed by atoms with Crippen LogP contribution in [-0.2, 0) is 9.53 Å². The minimum atomic E-state index is -0.759. The zero-order chi connectivity index (χ0) is 26.6. The summed E-state index contributed by atoms with van der Waals surface area (Å²) in [7, 11) is 1.53. The molecular weight excluding hydrogens is 488 g/mol. The predicted molar refractivity (Wildman–Crippen MR) is 141 cm³/mol. The topological polar surface area (TPSA) is 102 Å². The van der Waals surface area contributed by atoms with E-state index >= 15 is 0 Å². The van der Waals surface area contributed by atoms with Crippen LogP contribution in [0.5, 0.6) is 11.5 Å². The predicted octanol–water partition coefficient (Wildman–Crippen LogP) is 4.14. The molecule has 0 spiro atoms. The van der Waals surface area contributed by atoms with Crippen LogP contribution in [0.2, 0.25) is 0 Å². The highest BCUT2D eigenvalue weighted by Gasteiger charge is 2.44. The number of ether oxygens (including phenoxy) is 3. The zero-order valence-electron chi connectivity index (χ0n) is 21.6. The third-order valence-corrected chi connectivity index (χ3v) is 6.98. The molecule has 200 valence electrons. The fourth-order valence-corrected chi connectivity index (χ4v) is 5.11. The molecule has 2 aliphatic rings. The van der Waals surface area contributed by atoms with Crippen LogP contribution in [0.1, 0.15) is 35.5 Å². The van der Waals surface area contributed by atoms with Crippen molar-refractivity contribution < 1.29 is 33.3 Å². The number of carbonyl (C=O) groups excluding carboxylic acids is 2. The number of Topliss-reactive ketones (excluding diaryl/α,β-unsaturated/α-hetero) is 1. The molecule has 1 saturated heterocycles. The van der Waals surface area contributed by atoms with Crippen molar-refractivity contribution in [3.8, 4) is 11.5 Å². The second-order valence-corrected chi connectivity index (χ2v) is 9.29. The molecule has 1 aromatic heterocycles. The van der Waals surface area contributed by atoms with Crippen LogP contribution >= 0.6 is 0 Å². The first-order valence-corrected chi connectivity index (χ1v) is 12.9. The van der Waals surface area contributed by atoms with Crippen molar-refractivity contribution in [1.82, 2.24) is 9.80 Å². The highest BCUT2D eigenvalue weighted by atomic mass is 16.5. The lowest BCUT2D eigenvalue weighted by molar-refractivity contribution is -0.129. The van der Waals surface area contributed by atoms with Crippen LogP contribution in [0.3, 0.4) is 0 Å². The van der Waals surface area contributed by atoms with Gasteiger partial charge in [-0.15, -0.1) is 0 Å². The van der Waals surface area contributed by atoms with Gasteiger partial charge >= 0.3 is 0 Å². The summed E-state index contributed by atoms with van der Waals surface area (Å²) in [6.07, 6.45) is 0.690. The van der Waals surface area contributed by atoms with Gasteiger partial charge in [-0.25, -0.2) is 0 Å². The van der Waals surface area contributed by atoms with E-state index in [4.69, 9.17) is 18.6 Å². The molecule has 0 bridgehead atoms. The number of ketones is 1. The van der Waals surface area contributed by atoms with Gasteiger partial charge in [-0.2, -0.15) is 0 Å². The summed E-state index contributed by atoms with van der Waals surface area (Å²) >= 11 is 0. The number of hydrogen-bond acceptors (Lipinski definition) is 8. The van der Waals surface area contributed by atoms with Crippen LogP contribution in [-0.4, -0.2) is 79.7 Å². The van der Waals surface area contributed by atoms with E-state index in [1.54, 1.807) is 35.2 Å². The van der Waals surface area contributed by atoms with Crippen molar-refractivity contribution in [2.45, 2.75) is 19.4 Å². The molecule has 2 aliphatic heterocycles. The molecule has 1 fully saturated rings. The van der Waals surface area contributed by atoms with E-state index in [2.05, 4.69) is 4.90 Å².